The van der Waals surface area contributed by atoms with Gasteiger partial charge in [-0.3, -0.25) is 9.59 Å². The first-order valence-corrected chi connectivity index (χ1v) is 5.00. The summed E-state index contributed by atoms with van der Waals surface area (Å²) >= 11 is 0. The predicted octanol–water partition coefficient (Wildman–Crippen LogP) is 1.58. The number of carbonyl (C=O) groups excluding carboxylic acids is 2. The Labute approximate surface area is 97.5 Å². The van der Waals surface area contributed by atoms with E-state index in [-0.39, 0.29) is 34.2 Å². The van der Waals surface area contributed by atoms with Crippen molar-refractivity contribution < 1.29 is 19.8 Å². The van der Waals surface area contributed by atoms with Gasteiger partial charge in [-0.2, -0.15) is 0 Å². The molecule has 2 rings (SSSR count). The average molecular weight is 230 g/mol. The molecule has 86 valence electrons. The standard InChI is InChI=1S/C13H10O4/c1-7-4-12(16)10(6-11(7)15)9-3-2-8(14)5-13(9)17/h2-6,14,17H,1H3. The van der Waals surface area contributed by atoms with Gasteiger partial charge in [0.25, 0.3) is 0 Å². The Bertz CT molecular complexity index is 579. The van der Waals surface area contributed by atoms with Gasteiger partial charge in [-0.05, 0) is 31.2 Å². The van der Waals surface area contributed by atoms with Crippen LogP contribution in [0.1, 0.15) is 12.5 Å². The van der Waals surface area contributed by atoms with Crippen molar-refractivity contribution in [3.8, 4) is 11.5 Å². The molecule has 0 atom stereocenters. The SMILES string of the molecule is CC1=CC(=O)C(c2ccc(O)cc2O)=CC1=O. The van der Waals surface area contributed by atoms with Gasteiger partial charge >= 0.3 is 0 Å². The Morgan fingerprint density at radius 2 is 1.71 bits per heavy atom. The summed E-state index contributed by atoms with van der Waals surface area (Å²) in [7, 11) is 0. The van der Waals surface area contributed by atoms with Crippen molar-refractivity contribution in [3.05, 3.63) is 41.5 Å². The van der Waals surface area contributed by atoms with E-state index in [0.29, 0.717) is 5.57 Å². The van der Waals surface area contributed by atoms with Crippen molar-refractivity contribution in [2.45, 2.75) is 6.92 Å². The highest BCUT2D eigenvalue weighted by atomic mass is 16.3. The summed E-state index contributed by atoms with van der Waals surface area (Å²) in [5.41, 5.74) is 0.750. The molecular weight excluding hydrogens is 220 g/mol. The maximum atomic E-state index is 11.7. The van der Waals surface area contributed by atoms with E-state index in [9.17, 15) is 14.7 Å². The number of rotatable bonds is 1. The van der Waals surface area contributed by atoms with Crippen molar-refractivity contribution >= 4 is 17.1 Å². The van der Waals surface area contributed by atoms with Crippen molar-refractivity contribution in [1.82, 2.24) is 0 Å². The Balaban J connectivity index is 2.52. The van der Waals surface area contributed by atoms with Crippen LogP contribution < -0.4 is 0 Å². The molecule has 0 unspecified atom stereocenters. The highest BCUT2D eigenvalue weighted by Crippen LogP contribution is 2.31. The van der Waals surface area contributed by atoms with E-state index in [4.69, 9.17) is 5.11 Å². The maximum Gasteiger partial charge on any atom is 0.187 e. The number of phenolic OH excluding ortho intramolecular Hbond substituents is 2. The van der Waals surface area contributed by atoms with Crippen LogP contribution in [0, 0.1) is 0 Å². The van der Waals surface area contributed by atoms with Gasteiger partial charge in [0.15, 0.2) is 11.6 Å². The lowest BCUT2D eigenvalue weighted by Crippen LogP contribution is -2.10. The molecule has 0 fully saturated rings. The van der Waals surface area contributed by atoms with Crippen LogP contribution in [-0.2, 0) is 9.59 Å². The summed E-state index contributed by atoms with van der Waals surface area (Å²) in [4.78, 5) is 23.2. The Morgan fingerprint density at radius 3 is 2.35 bits per heavy atom. The van der Waals surface area contributed by atoms with Crippen LogP contribution in [-0.4, -0.2) is 21.8 Å². The van der Waals surface area contributed by atoms with E-state index in [1.165, 1.54) is 24.3 Å². The van der Waals surface area contributed by atoms with E-state index in [0.717, 1.165) is 6.07 Å². The smallest absolute Gasteiger partial charge is 0.187 e. The van der Waals surface area contributed by atoms with Crippen LogP contribution in [0.15, 0.2) is 35.9 Å². The first kappa shape index (κ1) is 11.1. The highest BCUT2D eigenvalue weighted by Gasteiger charge is 2.21. The first-order valence-electron chi connectivity index (χ1n) is 5.00. The predicted molar refractivity (Wildman–Crippen MR) is 61.5 cm³/mol. The Kier molecular flexibility index (Phi) is 2.55. The summed E-state index contributed by atoms with van der Waals surface area (Å²) in [5.74, 6) is -0.923. The lowest BCUT2D eigenvalue weighted by molar-refractivity contribution is -0.114. The number of ketones is 2. The molecule has 0 bridgehead atoms. The monoisotopic (exact) mass is 230 g/mol. The zero-order valence-electron chi connectivity index (χ0n) is 9.10. The summed E-state index contributed by atoms with van der Waals surface area (Å²) < 4.78 is 0. The van der Waals surface area contributed by atoms with Crippen LogP contribution in [0.2, 0.25) is 0 Å². The molecule has 4 nitrogen and oxygen atoms in total. The molecule has 0 heterocycles. The number of phenols is 2. The number of carbonyl (C=O) groups is 2. The summed E-state index contributed by atoms with van der Waals surface area (Å²) in [6.45, 7) is 1.56. The third-order valence-electron chi connectivity index (χ3n) is 2.55. The molecule has 0 spiro atoms. The number of hydrogen-bond donors (Lipinski definition) is 2. The molecule has 0 aromatic heterocycles. The van der Waals surface area contributed by atoms with Crippen molar-refractivity contribution in [2.75, 3.05) is 0 Å². The molecule has 17 heavy (non-hydrogen) atoms. The summed E-state index contributed by atoms with van der Waals surface area (Å²) in [5, 5.41) is 18.8. The third kappa shape index (κ3) is 1.97. The van der Waals surface area contributed by atoms with Gasteiger partial charge in [-0.1, -0.05) is 0 Å². The van der Waals surface area contributed by atoms with Gasteiger partial charge in [0.05, 0.1) is 0 Å². The number of hydrogen-bond acceptors (Lipinski definition) is 4. The lowest BCUT2D eigenvalue weighted by atomic mass is 9.92. The van der Waals surface area contributed by atoms with E-state index >= 15 is 0 Å². The van der Waals surface area contributed by atoms with E-state index in [1.54, 1.807) is 6.92 Å². The van der Waals surface area contributed by atoms with Crippen LogP contribution in [0.25, 0.3) is 5.57 Å². The maximum absolute atomic E-state index is 11.7. The summed E-state index contributed by atoms with van der Waals surface area (Å²) in [6.07, 6.45) is 2.44. The zero-order chi connectivity index (χ0) is 12.6. The van der Waals surface area contributed by atoms with Crippen LogP contribution >= 0.6 is 0 Å². The van der Waals surface area contributed by atoms with Gasteiger partial charge in [0.2, 0.25) is 0 Å². The molecule has 1 aromatic rings. The van der Waals surface area contributed by atoms with Crippen molar-refractivity contribution in [2.24, 2.45) is 0 Å². The highest BCUT2D eigenvalue weighted by molar-refractivity contribution is 6.35. The van der Waals surface area contributed by atoms with Gasteiger partial charge in [-0.25, -0.2) is 0 Å². The topological polar surface area (TPSA) is 74.6 Å². The average Bonchev–Trinajstić information content (AvgIpc) is 2.24. The molecule has 1 aliphatic carbocycles. The molecule has 0 saturated carbocycles. The molecular formula is C13H10O4. The minimum atomic E-state index is -0.330. The number of allylic oxidation sites excluding steroid dienone is 4. The zero-order valence-corrected chi connectivity index (χ0v) is 9.10. The normalized spacial score (nSPS) is 15.6. The second-order valence-corrected chi connectivity index (χ2v) is 3.82. The molecule has 0 aliphatic heterocycles. The van der Waals surface area contributed by atoms with Crippen LogP contribution in [0.5, 0.6) is 11.5 Å². The van der Waals surface area contributed by atoms with Crippen molar-refractivity contribution in [3.63, 3.8) is 0 Å². The fourth-order valence-corrected chi connectivity index (χ4v) is 1.62. The molecule has 0 radical (unpaired) electrons. The minimum absolute atomic E-state index is 0.104. The number of benzene rings is 1. The Hall–Kier alpha value is -2.36. The van der Waals surface area contributed by atoms with Gasteiger partial charge in [-0.15, -0.1) is 0 Å². The van der Waals surface area contributed by atoms with Crippen LogP contribution in [0.3, 0.4) is 0 Å². The minimum Gasteiger partial charge on any atom is -0.508 e. The molecule has 4 heteroatoms. The molecule has 1 aromatic carbocycles. The second kappa shape index (κ2) is 3.90. The molecule has 2 N–H and O–H groups in total. The quantitative estimate of drug-likeness (QED) is 0.718. The Morgan fingerprint density at radius 1 is 1.00 bits per heavy atom. The fourth-order valence-electron chi connectivity index (χ4n) is 1.62. The third-order valence-corrected chi connectivity index (χ3v) is 2.55. The summed E-state index contributed by atoms with van der Waals surface area (Å²) in [6, 6.07) is 3.87. The second-order valence-electron chi connectivity index (χ2n) is 3.82. The molecule has 1 aliphatic rings. The van der Waals surface area contributed by atoms with E-state index < -0.39 is 0 Å². The van der Waals surface area contributed by atoms with E-state index in [2.05, 4.69) is 0 Å². The largest absolute Gasteiger partial charge is 0.508 e. The fraction of sp³-hybridized carbons (Fsp3) is 0.0769. The van der Waals surface area contributed by atoms with Crippen molar-refractivity contribution in [1.29, 1.82) is 0 Å². The van der Waals surface area contributed by atoms with Gasteiger partial charge in [0, 0.05) is 22.8 Å². The lowest BCUT2D eigenvalue weighted by Gasteiger charge is -2.11. The van der Waals surface area contributed by atoms with Gasteiger partial charge < -0.3 is 10.2 Å². The molecule has 0 saturated heterocycles. The van der Waals surface area contributed by atoms with E-state index in [1.807, 2.05) is 0 Å². The number of aromatic hydroxyl groups is 2. The van der Waals surface area contributed by atoms with Gasteiger partial charge in [0.1, 0.15) is 11.5 Å². The molecule has 0 amide bonds. The first-order chi connectivity index (χ1) is 7.99. The van der Waals surface area contributed by atoms with Crippen LogP contribution in [0.4, 0.5) is 0 Å².